The van der Waals surface area contributed by atoms with Crippen molar-refractivity contribution in [3.63, 3.8) is 0 Å². The number of amides is 1. The molecule has 0 spiro atoms. The number of aryl methyl sites for hydroxylation is 3. The van der Waals surface area contributed by atoms with Crippen LogP contribution in [0.2, 0.25) is 0 Å². The second-order valence-corrected chi connectivity index (χ2v) is 8.32. The van der Waals surface area contributed by atoms with Crippen LogP contribution in [0, 0.1) is 20.8 Å². The van der Waals surface area contributed by atoms with Crippen LogP contribution in [0.3, 0.4) is 0 Å². The molecule has 31 heavy (non-hydrogen) atoms. The lowest BCUT2D eigenvalue weighted by Gasteiger charge is -2.12. The van der Waals surface area contributed by atoms with E-state index in [2.05, 4.69) is 50.5 Å². The van der Waals surface area contributed by atoms with Crippen LogP contribution in [0.1, 0.15) is 39.8 Å². The molecule has 0 aliphatic carbocycles. The van der Waals surface area contributed by atoms with Crippen LogP contribution >= 0.6 is 15.9 Å². The summed E-state index contributed by atoms with van der Waals surface area (Å²) in [7, 11) is 0. The van der Waals surface area contributed by atoms with Gasteiger partial charge in [-0.15, -0.1) is 0 Å². The minimum atomic E-state index is -0.196. The zero-order valence-corrected chi connectivity index (χ0v) is 20.0. The minimum Gasteiger partial charge on any atom is -0.326 e. The number of rotatable bonds is 6. The quantitative estimate of drug-likeness (QED) is 0.383. The lowest BCUT2D eigenvalue weighted by molar-refractivity contribution is 0.0977. The van der Waals surface area contributed by atoms with E-state index in [0.29, 0.717) is 18.1 Å². The normalized spacial score (nSPS) is 11.5. The highest BCUT2D eigenvalue weighted by atomic mass is 79.9. The summed E-state index contributed by atoms with van der Waals surface area (Å²) < 4.78 is 2.99. The van der Waals surface area contributed by atoms with Crippen molar-refractivity contribution >= 4 is 33.5 Å². The summed E-state index contributed by atoms with van der Waals surface area (Å²) >= 11 is 3.44. The lowest BCUT2D eigenvalue weighted by atomic mass is 10.1. The van der Waals surface area contributed by atoms with E-state index >= 15 is 0 Å². The molecule has 0 saturated carbocycles. The Morgan fingerprint density at radius 3 is 2.52 bits per heavy atom. The number of hydrogen-bond acceptors (Lipinski definition) is 3. The zero-order valence-electron chi connectivity index (χ0n) is 18.4. The predicted molar refractivity (Wildman–Crippen MR) is 130 cm³/mol. The van der Waals surface area contributed by atoms with Gasteiger partial charge in [0.1, 0.15) is 0 Å². The number of aromatic nitrogens is 2. The third kappa shape index (κ3) is 6.04. The molecule has 0 bridgehead atoms. The molecule has 2 N–H and O–H groups in total. The molecule has 3 aromatic rings. The summed E-state index contributed by atoms with van der Waals surface area (Å²) in [5.41, 5.74) is 5.88. The van der Waals surface area contributed by atoms with Gasteiger partial charge in [0.15, 0.2) is 0 Å². The summed E-state index contributed by atoms with van der Waals surface area (Å²) in [5.74, 6) is 0.227. The standard InChI is InChI=1S/C24H28BrN5O/c1-5-30-18(4)22(17(3)29-30)13-14-26-24(27-21-11-9-20(25)10-12-21)28-23(31)19-8-6-7-16(2)15-19/h6-12,15H,5,13-14H2,1-4H3,(H2,26,27,28,31). The van der Waals surface area contributed by atoms with E-state index in [4.69, 9.17) is 0 Å². The van der Waals surface area contributed by atoms with Gasteiger partial charge in [0.05, 0.1) is 5.69 Å². The fraction of sp³-hybridized carbons (Fsp3) is 0.292. The molecule has 0 radical (unpaired) electrons. The van der Waals surface area contributed by atoms with Gasteiger partial charge in [0.2, 0.25) is 5.96 Å². The van der Waals surface area contributed by atoms with Crippen molar-refractivity contribution in [1.29, 1.82) is 0 Å². The highest BCUT2D eigenvalue weighted by molar-refractivity contribution is 9.10. The number of carbonyl (C=O) groups excluding carboxylic acids is 1. The Morgan fingerprint density at radius 1 is 1.13 bits per heavy atom. The first-order chi connectivity index (χ1) is 14.9. The molecule has 162 valence electrons. The van der Waals surface area contributed by atoms with Crippen LogP contribution in [-0.2, 0) is 13.0 Å². The molecule has 2 aromatic carbocycles. The maximum absolute atomic E-state index is 12.8. The van der Waals surface area contributed by atoms with Crippen LogP contribution in [0.25, 0.3) is 0 Å². The molecule has 6 nitrogen and oxygen atoms in total. The van der Waals surface area contributed by atoms with Crippen molar-refractivity contribution in [3.05, 3.63) is 81.1 Å². The van der Waals surface area contributed by atoms with Crippen molar-refractivity contribution in [3.8, 4) is 0 Å². The second kappa shape index (κ2) is 10.4. The van der Waals surface area contributed by atoms with E-state index in [1.165, 1.54) is 11.3 Å². The molecule has 3 rings (SSSR count). The average Bonchev–Trinajstić information content (AvgIpc) is 3.02. The van der Waals surface area contributed by atoms with E-state index in [1.807, 2.05) is 61.0 Å². The Balaban J connectivity index is 1.78. The first kappa shape index (κ1) is 22.7. The number of carbonyl (C=O) groups is 1. The Labute approximate surface area is 191 Å². The summed E-state index contributed by atoms with van der Waals surface area (Å²) in [6, 6.07) is 15.2. The number of nitrogens with one attached hydrogen (secondary N) is 2. The van der Waals surface area contributed by atoms with Gasteiger partial charge in [-0.2, -0.15) is 5.10 Å². The van der Waals surface area contributed by atoms with Gasteiger partial charge in [0.25, 0.3) is 5.91 Å². The van der Waals surface area contributed by atoms with Crippen LogP contribution in [0.4, 0.5) is 5.69 Å². The number of guanidine groups is 1. The average molecular weight is 482 g/mol. The molecule has 0 saturated heterocycles. The third-order valence-corrected chi connectivity index (χ3v) is 5.61. The van der Waals surface area contributed by atoms with Crippen molar-refractivity contribution in [2.24, 2.45) is 4.99 Å². The van der Waals surface area contributed by atoms with Gasteiger partial charge >= 0.3 is 0 Å². The number of aliphatic imine (C=N–C) groups is 1. The molecule has 1 aromatic heterocycles. The van der Waals surface area contributed by atoms with Gasteiger partial charge in [0, 0.05) is 34.5 Å². The third-order valence-electron chi connectivity index (χ3n) is 5.08. The topological polar surface area (TPSA) is 71.3 Å². The Morgan fingerprint density at radius 2 is 1.87 bits per heavy atom. The fourth-order valence-corrected chi connectivity index (χ4v) is 3.69. The molecule has 0 fully saturated rings. The SMILES string of the molecule is CCn1nc(C)c(CCN=C(NC(=O)c2cccc(C)c2)Nc2ccc(Br)cc2)c1C. The van der Waals surface area contributed by atoms with Crippen LogP contribution in [0.5, 0.6) is 0 Å². The van der Waals surface area contributed by atoms with Crippen molar-refractivity contribution in [2.75, 3.05) is 11.9 Å². The largest absolute Gasteiger partial charge is 0.326 e. The smallest absolute Gasteiger partial charge is 0.257 e. The number of hydrogen-bond donors (Lipinski definition) is 2. The molecule has 1 amide bonds. The number of anilines is 1. The summed E-state index contributed by atoms with van der Waals surface area (Å²) in [5, 5.41) is 10.7. The lowest BCUT2D eigenvalue weighted by Crippen LogP contribution is -2.36. The van der Waals surface area contributed by atoms with E-state index < -0.39 is 0 Å². The van der Waals surface area contributed by atoms with Gasteiger partial charge in [-0.3, -0.25) is 19.8 Å². The van der Waals surface area contributed by atoms with Gasteiger partial charge in [-0.05, 0) is 76.1 Å². The van der Waals surface area contributed by atoms with E-state index in [9.17, 15) is 4.79 Å². The first-order valence-corrected chi connectivity index (χ1v) is 11.1. The monoisotopic (exact) mass is 481 g/mol. The second-order valence-electron chi connectivity index (χ2n) is 7.40. The molecule has 0 aliphatic rings. The maximum Gasteiger partial charge on any atom is 0.257 e. The van der Waals surface area contributed by atoms with E-state index in [1.54, 1.807) is 6.07 Å². The van der Waals surface area contributed by atoms with Crippen LogP contribution < -0.4 is 10.6 Å². The Bertz CT molecular complexity index is 1090. The first-order valence-electron chi connectivity index (χ1n) is 10.3. The summed E-state index contributed by atoms with van der Waals surface area (Å²) in [6.45, 7) is 9.54. The highest BCUT2D eigenvalue weighted by Gasteiger charge is 2.12. The van der Waals surface area contributed by atoms with Crippen molar-refractivity contribution in [1.82, 2.24) is 15.1 Å². The molecule has 1 heterocycles. The number of halogens is 1. The molecular formula is C24H28BrN5O. The highest BCUT2D eigenvalue weighted by Crippen LogP contribution is 2.15. The van der Waals surface area contributed by atoms with Crippen molar-refractivity contribution in [2.45, 2.75) is 40.7 Å². The van der Waals surface area contributed by atoms with Gasteiger partial charge in [-0.1, -0.05) is 33.6 Å². The van der Waals surface area contributed by atoms with E-state index in [-0.39, 0.29) is 5.91 Å². The zero-order chi connectivity index (χ0) is 22.4. The Kier molecular flexibility index (Phi) is 7.63. The fourth-order valence-electron chi connectivity index (χ4n) is 3.43. The number of benzene rings is 2. The maximum atomic E-state index is 12.8. The molecule has 0 atom stereocenters. The van der Waals surface area contributed by atoms with Crippen LogP contribution in [-0.4, -0.2) is 28.2 Å². The van der Waals surface area contributed by atoms with Crippen molar-refractivity contribution < 1.29 is 4.79 Å². The summed E-state index contributed by atoms with van der Waals surface area (Å²) in [4.78, 5) is 17.4. The van der Waals surface area contributed by atoms with Crippen LogP contribution in [0.15, 0.2) is 58.0 Å². The van der Waals surface area contributed by atoms with Gasteiger partial charge < -0.3 is 5.32 Å². The summed E-state index contributed by atoms with van der Waals surface area (Å²) in [6.07, 6.45) is 0.753. The minimum absolute atomic E-state index is 0.196. The van der Waals surface area contributed by atoms with Gasteiger partial charge in [-0.25, -0.2) is 0 Å². The molecule has 0 unspecified atom stereocenters. The predicted octanol–water partition coefficient (Wildman–Crippen LogP) is 5.03. The van der Waals surface area contributed by atoms with E-state index in [0.717, 1.165) is 34.4 Å². The Hall–Kier alpha value is -2.93. The molecule has 0 aliphatic heterocycles. The molecule has 7 heteroatoms. The number of nitrogens with zero attached hydrogens (tertiary/aromatic N) is 3. The molecular weight excluding hydrogens is 454 g/mol.